The maximum atomic E-state index is 11.6. The van der Waals surface area contributed by atoms with Gasteiger partial charge in [-0.2, -0.15) is 13.5 Å². The number of amides is 1. The molecule has 0 spiro atoms. The smallest absolute Gasteiger partial charge is 0.268 e. The number of nitrogens with zero attached hydrogens (tertiary/aromatic N) is 1. The zero-order valence-corrected chi connectivity index (χ0v) is 10.5. The van der Waals surface area contributed by atoms with E-state index in [1.165, 1.54) is 0 Å². The van der Waals surface area contributed by atoms with Crippen LogP contribution in [-0.2, 0) is 6.54 Å². The SMILES string of the molecule is C[C@H]1CCn2cc(Br)cc2C(=O)N1.S. The van der Waals surface area contributed by atoms with E-state index in [9.17, 15) is 4.79 Å². The minimum Gasteiger partial charge on any atom is -0.348 e. The van der Waals surface area contributed by atoms with Crippen LogP contribution in [0.5, 0.6) is 0 Å². The molecule has 0 bridgehead atoms. The van der Waals surface area contributed by atoms with E-state index in [1.807, 2.05) is 23.8 Å². The van der Waals surface area contributed by atoms with E-state index in [1.54, 1.807) is 0 Å². The third kappa shape index (κ3) is 2.15. The quantitative estimate of drug-likeness (QED) is 0.772. The fourth-order valence-electron chi connectivity index (χ4n) is 1.55. The summed E-state index contributed by atoms with van der Waals surface area (Å²) in [5, 5.41) is 2.93. The summed E-state index contributed by atoms with van der Waals surface area (Å²) >= 11 is 3.36. The first-order valence-electron chi connectivity index (χ1n) is 4.33. The second-order valence-electron chi connectivity index (χ2n) is 3.40. The Kier molecular flexibility index (Phi) is 3.66. The van der Waals surface area contributed by atoms with Crippen LogP contribution in [0.25, 0.3) is 0 Å². The summed E-state index contributed by atoms with van der Waals surface area (Å²) in [7, 11) is 0. The lowest BCUT2D eigenvalue weighted by Crippen LogP contribution is -2.30. The second-order valence-corrected chi connectivity index (χ2v) is 4.32. The van der Waals surface area contributed by atoms with Crippen LogP contribution in [0.1, 0.15) is 23.8 Å². The molecule has 0 aromatic carbocycles. The second kappa shape index (κ2) is 4.40. The minimum atomic E-state index is 0. The Morgan fingerprint density at radius 1 is 1.64 bits per heavy atom. The molecule has 0 saturated heterocycles. The Labute approximate surface area is 98.4 Å². The number of hydrogen-bond donors (Lipinski definition) is 1. The lowest BCUT2D eigenvalue weighted by atomic mass is 10.2. The molecule has 0 unspecified atom stereocenters. The van der Waals surface area contributed by atoms with Crippen LogP contribution >= 0.6 is 29.4 Å². The van der Waals surface area contributed by atoms with Gasteiger partial charge in [-0.15, -0.1) is 0 Å². The van der Waals surface area contributed by atoms with Crippen molar-refractivity contribution < 1.29 is 4.79 Å². The van der Waals surface area contributed by atoms with Crippen molar-refractivity contribution >= 4 is 35.3 Å². The molecule has 1 aromatic heterocycles. The summed E-state index contributed by atoms with van der Waals surface area (Å²) in [6, 6.07) is 2.12. The highest BCUT2D eigenvalue weighted by Crippen LogP contribution is 2.17. The van der Waals surface area contributed by atoms with Crippen LogP contribution in [0.2, 0.25) is 0 Å². The standard InChI is InChI=1S/C9H11BrN2O.H2S/c1-6-2-3-12-5-7(10)4-8(12)9(13)11-6;/h4-6H,2-3H2,1H3,(H,11,13);1H2/t6-;/m0./s1. The van der Waals surface area contributed by atoms with Gasteiger partial charge in [0.2, 0.25) is 0 Å². The van der Waals surface area contributed by atoms with Gasteiger partial charge in [0.15, 0.2) is 0 Å². The first-order valence-corrected chi connectivity index (χ1v) is 5.12. The number of carbonyl (C=O) groups excluding carboxylic acids is 1. The first kappa shape index (κ1) is 11.7. The van der Waals surface area contributed by atoms with E-state index in [-0.39, 0.29) is 25.4 Å². The van der Waals surface area contributed by atoms with Crippen LogP contribution in [0.15, 0.2) is 16.7 Å². The Hall–Kier alpha value is -0.420. The Balaban J connectivity index is 0.000000980. The normalized spacial score (nSPS) is 20.4. The molecule has 0 radical (unpaired) electrons. The van der Waals surface area contributed by atoms with Crippen molar-refractivity contribution in [1.82, 2.24) is 9.88 Å². The number of aromatic nitrogens is 1. The van der Waals surface area contributed by atoms with Crippen LogP contribution in [0, 0.1) is 0 Å². The van der Waals surface area contributed by atoms with Gasteiger partial charge in [-0.3, -0.25) is 4.79 Å². The Morgan fingerprint density at radius 3 is 3.07 bits per heavy atom. The number of fused-ring (bicyclic) bond motifs is 1. The van der Waals surface area contributed by atoms with Crippen molar-refractivity contribution in [1.29, 1.82) is 0 Å². The van der Waals surface area contributed by atoms with E-state index in [4.69, 9.17) is 0 Å². The molecule has 0 fully saturated rings. The number of rotatable bonds is 0. The van der Waals surface area contributed by atoms with Gasteiger partial charge in [0, 0.05) is 23.3 Å². The molecule has 0 aliphatic carbocycles. The van der Waals surface area contributed by atoms with Gasteiger partial charge in [0.1, 0.15) is 5.69 Å². The lowest BCUT2D eigenvalue weighted by Gasteiger charge is -2.07. The molecule has 2 heterocycles. The Morgan fingerprint density at radius 2 is 2.36 bits per heavy atom. The van der Waals surface area contributed by atoms with Crippen LogP contribution in [0.4, 0.5) is 0 Å². The third-order valence-corrected chi connectivity index (χ3v) is 2.71. The molecule has 2 rings (SSSR count). The predicted molar refractivity (Wildman–Crippen MR) is 64.1 cm³/mol. The average Bonchev–Trinajstić information content (AvgIpc) is 2.38. The van der Waals surface area contributed by atoms with Gasteiger partial charge in [-0.1, -0.05) is 0 Å². The van der Waals surface area contributed by atoms with E-state index in [0.29, 0.717) is 0 Å². The molecule has 1 aromatic rings. The molecule has 1 N–H and O–H groups in total. The predicted octanol–water partition coefficient (Wildman–Crippen LogP) is 1.89. The number of nitrogens with one attached hydrogen (secondary N) is 1. The molecule has 1 aliphatic rings. The van der Waals surface area contributed by atoms with E-state index >= 15 is 0 Å². The van der Waals surface area contributed by atoms with Crippen molar-refractivity contribution in [2.45, 2.75) is 25.9 Å². The fourth-order valence-corrected chi connectivity index (χ4v) is 2.02. The number of carbonyl (C=O) groups is 1. The monoisotopic (exact) mass is 276 g/mol. The Bertz CT molecular complexity index is 351. The summed E-state index contributed by atoms with van der Waals surface area (Å²) in [5.41, 5.74) is 0.747. The summed E-state index contributed by atoms with van der Waals surface area (Å²) in [6.07, 6.45) is 2.94. The summed E-state index contributed by atoms with van der Waals surface area (Å²) in [5.74, 6) is 0.0238. The third-order valence-electron chi connectivity index (χ3n) is 2.28. The van der Waals surface area contributed by atoms with Crippen LogP contribution in [0.3, 0.4) is 0 Å². The minimum absolute atomic E-state index is 0. The summed E-state index contributed by atoms with van der Waals surface area (Å²) < 4.78 is 2.95. The van der Waals surface area contributed by atoms with Crippen molar-refractivity contribution in [3.05, 3.63) is 22.4 Å². The first-order chi connectivity index (χ1) is 6.16. The van der Waals surface area contributed by atoms with Gasteiger partial charge in [0.05, 0.1) is 0 Å². The summed E-state index contributed by atoms with van der Waals surface area (Å²) in [6.45, 7) is 2.93. The van der Waals surface area contributed by atoms with Crippen LogP contribution < -0.4 is 5.32 Å². The summed E-state index contributed by atoms with van der Waals surface area (Å²) in [4.78, 5) is 11.6. The molecule has 78 valence electrons. The maximum absolute atomic E-state index is 11.6. The molecule has 0 saturated carbocycles. The van der Waals surface area contributed by atoms with Crippen molar-refractivity contribution in [2.24, 2.45) is 0 Å². The molecular formula is C9H13BrN2OS. The highest BCUT2D eigenvalue weighted by atomic mass is 79.9. The molecule has 3 nitrogen and oxygen atoms in total. The molecule has 5 heteroatoms. The number of aryl methyl sites for hydroxylation is 1. The zero-order chi connectivity index (χ0) is 9.42. The van der Waals surface area contributed by atoms with Gasteiger partial charge in [-0.05, 0) is 35.3 Å². The van der Waals surface area contributed by atoms with Gasteiger partial charge >= 0.3 is 0 Å². The van der Waals surface area contributed by atoms with Crippen molar-refractivity contribution in [3.63, 3.8) is 0 Å². The lowest BCUT2D eigenvalue weighted by molar-refractivity contribution is 0.0938. The number of halogens is 1. The average molecular weight is 277 g/mol. The van der Waals surface area contributed by atoms with Gasteiger partial charge in [0.25, 0.3) is 5.91 Å². The van der Waals surface area contributed by atoms with Crippen molar-refractivity contribution in [2.75, 3.05) is 0 Å². The fraction of sp³-hybridized carbons (Fsp3) is 0.444. The highest BCUT2D eigenvalue weighted by Gasteiger charge is 2.18. The largest absolute Gasteiger partial charge is 0.348 e. The highest BCUT2D eigenvalue weighted by molar-refractivity contribution is 9.10. The van der Waals surface area contributed by atoms with Crippen molar-refractivity contribution in [3.8, 4) is 0 Å². The van der Waals surface area contributed by atoms with E-state index in [0.717, 1.165) is 23.1 Å². The van der Waals surface area contributed by atoms with Gasteiger partial charge in [-0.25, -0.2) is 0 Å². The maximum Gasteiger partial charge on any atom is 0.268 e. The molecule has 1 atom stereocenters. The zero-order valence-electron chi connectivity index (χ0n) is 7.88. The van der Waals surface area contributed by atoms with Gasteiger partial charge < -0.3 is 9.88 Å². The topological polar surface area (TPSA) is 34.0 Å². The molecule has 1 aliphatic heterocycles. The number of hydrogen-bond acceptors (Lipinski definition) is 1. The molecule has 1 amide bonds. The molecular weight excluding hydrogens is 264 g/mol. The van der Waals surface area contributed by atoms with E-state index < -0.39 is 0 Å². The van der Waals surface area contributed by atoms with E-state index in [2.05, 4.69) is 21.2 Å². The molecule has 14 heavy (non-hydrogen) atoms. The van der Waals surface area contributed by atoms with Crippen LogP contribution in [-0.4, -0.2) is 16.5 Å².